The Bertz CT molecular complexity index is 824. The van der Waals surface area contributed by atoms with E-state index in [0.717, 1.165) is 22.2 Å². The van der Waals surface area contributed by atoms with Crippen molar-refractivity contribution in [1.29, 1.82) is 0 Å². The van der Waals surface area contributed by atoms with Gasteiger partial charge in [-0.1, -0.05) is 13.0 Å². The van der Waals surface area contributed by atoms with Crippen molar-refractivity contribution in [1.82, 2.24) is 5.43 Å². The molecule has 0 aromatic heterocycles. The lowest BCUT2D eigenvalue weighted by atomic mass is 10.2. The molecule has 2 rings (SSSR count). The average Bonchev–Trinajstić information content (AvgIpc) is 2.72. The molecule has 0 atom stereocenters. The van der Waals surface area contributed by atoms with Gasteiger partial charge in [-0.25, -0.2) is 5.43 Å². The number of nitrogens with one attached hydrogen (secondary N) is 1. The highest BCUT2D eigenvalue weighted by Crippen LogP contribution is 2.26. The number of hydrogen-bond donors (Lipinski definition) is 1. The molecule has 0 bridgehead atoms. The minimum Gasteiger partial charge on any atom is -0.497 e. The van der Waals surface area contributed by atoms with Crippen LogP contribution in [0.15, 0.2) is 46.0 Å². The molecule has 0 aliphatic carbocycles. The summed E-state index contributed by atoms with van der Waals surface area (Å²) in [5, 5.41) is 3.98. The van der Waals surface area contributed by atoms with Gasteiger partial charge in [0, 0.05) is 18.1 Å². The highest BCUT2D eigenvalue weighted by molar-refractivity contribution is 9.10. The largest absolute Gasteiger partial charge is 0.497 e. The van der Waals surface area contributed by atoms with Crippen molar-refractivity contribution >= 4 is 28.1 Å². The topological polar surface area (TPSA) is 69.2 Å². The first-order chi connectivity index (χ1) is 13.6. The number of nitrogens with zero attached hydrogens (tertiary/aromatic N) is 1. The first-order valence-electron chi connectivity index (χ1n) is 9.02. The van der Waals surface area contributed by atoms with Crippen LogP contribution in [0.3, 0.4) is 0 Å². The van der Waals surface area contributed by atoms with E-state index < -0.39 is 0 Å². The molecule has 0 aliphatic heterocycles. The van der Waals surface area contributed by atoms with Crippen molar-refractivity contribution in [3.05, 3.63) is 52.0 Å². The molecule has 2 aromatic carbocycles. The maximum Gasteiger partial charge on any atom is 0.240 e. The molecule has 6 nitrogen and oxygen atoms in total. The molecule has 0 spiro atoms. The molecule has 0 heterocycles. The predicted octanol–water partition coefficient (Wildman–Crippen LogP) is 4.34. The summed E-state index contributed by atoms with van der Waals surface area (Å²) in [5.74, 6) is 1.91. The van der Waals surface area contributed by atoms with Crippen molar-refractivity contribution in [2.75, 3.05) is 20.8 Å². The Morgan fingerprint density at radius 2 is 1.96 bits per heavy atom. The number of halogens is 1. The third kappa shape index (κ3) is 6.56. The molecule has 1 N–H and O–H groups in total. The van der Waals surface area contributed by atoms with Crippen molar-refractivity contribution in [3.63, 3.8) is 0 Å². The number of hydrogen-bond acceptors (Lipinski definition) is 5. The minimum atomic E-state index is -0.173. The van der Waals surface area contributed by atoms with Gasteiger partial charge in [-0.05, 0) is 58.6 Å². The van der Waals surface area contributed by atoms with Gasteiger partial charge in [-0.3, -0.25) is 4.79 Å². The van der Waals surface area contributed by atoms with Crippen LogP contribution in [-0.2, 0) is 11.2 Å². The quantitative estimate of drug-likeness (QED) is 0.333. The predicted molar refractivity (Wildman–Crippen MR) is 114 cm³/mol. The minimum absolute atomic E-state index is 0.173. The van der Waals surface area contributed by atoms with Crippen LogP contribution in [-0.4, -0.2) is 32.9 Å². The Kier molecular flexibility index (Phi) is 8.81. The number of carbonyl (C=O) groups is 1. The molecular weight excluding hydrogens is 424 g/mol. The van der Waals surface area contributed by atoms with Crippen molar-refractivity contribution < 1.29 is 19.0 Å². The molecular formula is C21H25BrN2O4. The summed E-state index contributed by atoms with van der Waals surface area (Å²) in [6, 6.07) is 11.4. The Balaban J connectivity index is 1.75. The Labute approximate surface area is 174 Å². The summed E-state index contributed by atoms with van der Waals surface area (Å²) in [5.41, 5.74) is 4.50. The van der Waals surface area contributed by atoms with E-state index in [0.29, 0.717) is 30.9 Å². The third-order valence-electron chi connectivity index (χ3n) is 4.04. The van der Waals surface area contributed by atoms with Crippen LogP contribution >= 0.6 is 15.9 Å². The van der Waals surface area contributed by atoms with E-state index in [2.05, 4.69) is 33.4 Å². The first kappa shape index (κ1) is 21.8. The molecule has 150 valence electrons. The fourth-order valence-corrected chi connectivity index (χ4v) is 2.99. The maximum absolute atomic E-state index is 11.9. The Hall–Kier alpha value is -2.54. The van der Waals surface area contributed by atoms with E-state index in [1.807, 2.05) is 24.3 Å². The lowest BCUT2D eigenvalue weighted by Gasteiger charge is -2.09. The Morgan fingerprint density at radius 3 is 2.64 bits per heavy atom. The van der Waals surface area contributed by atoms with Gasteiger partial charge in [0.05, 0.1) is 31.5 Å². The molecule has 0 aliphatic rings. The lowest BCUT2D eigenvalue weighted by Crippen LogP contribution is -2.18. The lowest BCUT2D eigenvalue weighted by molar-refractivity contribution is -0.121. The molecule has 7 heteroatoms. The van der Waals surface area contributed by atoms with Crippen molar-refractivity contribution in [2.45, 2.75) is 26.2 Å². The van der Waals surface area contributed by atoms with Crippen LogP contribution < -0.4 is 19.6 Å². The van der Waals surface area contributed by atoms with Crippen LogP contribution in [0.4, 0.5) is 0 Å². The Morgan fingerprint density at radius 1 is 1.14 bits per heavy atom. The van der Waals surface area contributed by atoms with Crippen LogP contribution in [0.1, 0.15) is 30.9 Å². The fourth-order valence-electron chi connectivity index (χ4n) is 2.45. The second-order valence-electron chi connectivity index (χ2n) is 5.97. The number of ether oxygens (including phenoxy) is 3. The van der Waals surface area contributed by atoms with Gasteiger partial charge >= 0.3 is 0 Å². The average molecular weight is 449 g/mol. The SMILES string of the molecule is CCc1ccc(OCCCC(=O)N/N=C/c2ccc(OC)cc2OC)c(Br)c1. The normalized spacial score (nSPS) is 10.7. The number of carbonyl (C=O) groups excluding carboxylic acids is 1. The van der Waals surface area contributed by atoms with E-state index in [1.165, 1.54) is 5.56 Å². The summed E-state index contributed by atoms with van der Waals surface area (Å²) >= 11 is 3.50. The molecule has 28 heavy (non-hydrogen) atoms. The van der Waals surface area contributed by atoms with Gasteiger partial charge in [0.25, 0.3) is 0 Å². The number of amides is 1. The smallest absolute Gasteiger partial charge is 0.240 e. The van der Waals surface area contributed by atoms with Gasteiger partial charge in [0.1, 0.15) is 17.2 Å². The van der Waals surface area contributed by atoms with Gasteiger partial charge in [0.15, 0.2) is 0 Å². The van der Waals surface area contributed by atoms with E-state index >= 15 is 0 Å². The summed E-state index contributed by atoms with van der Waals surface area (Å²) in [6.07, 6.45) is 3.43. The first-order valence-corrected chi connectivity index (χ1v) is 9.81. The molecule has 0 unspecified atom stereocenters. The highest BCUT2D eigenvalue weighted by atomic mass is 79.9. The van der Waals surface area contributed by atoms with Crippen LogP contribution in [0, 0.1) is 0 Å². The van der Waals surface area contributed by atoms with E-state index in [4.69, 9.17) is 14.2 Å². The highest BCUT2D eigenvalue weighted by Gasteiger charge is 2.05. The van der Waals surface area contributed by atoms with Crippen molar-refractivity contribution in [2.24, 2.45) is 5.10 Å². The summed E-state index contributed by atoms with van der Waals surface area (Å²) in [4.78, 5) is 11.9. The summed E-state index contributed by atoms with van der Waals surface area (Å²) < 4.78 is 17.1. The number of aryl methyl sites for hydroxylation is 1. The zero-order valence-electron chi connectivity index (χ0n) is 16.3. The zero-order valence-corrected chi connectivity index (χ0v) is 17.9. The number of rotatable bonds is 10. The van der Waals surface area contributed by atoms with E-state index in [1.54, 1.807) is 32.6 Å². The molecule has 0 radical (unpaired) electrons. The molecule has 0 fully saturated rings. The zero-order chi connectivity index (χ0) is 20.4. The van der Waals surface area contributed by atoms with Crippen LogP contribution in [0.25, 0.3) is 0 Å². The number of benzene rings is 2. The standard InChI is InChI=1S/C21H25BrN2O4/c1-4-15-7-10-19(18(22)12-15)28-11-5-6-21(25)24-23-14-16-8-9-17(26-2)13-20(16)27-3/h7-10,12-14H,4-6,11H2,1-3H3,(H,24,25)/b23-14+. The van der Waals surface area contributed by atoms with Gasteiger partial charge < -0.3 is 14.2 Å². The van der Waals surface area contributed by atoms with Crippen molar-refractivity contribution in [3.8, 4) is 17.2 Å². The summed E-state index contributed by atoms with van der Waals surface area (Å²) in [6.45, 7) is 2.56. The maximum atomic E-state index is 11.9. The fraction of sp³-hybridized carbons (Fsp3) is 0.333. The van der Waals surface area contributed by atoms with E-state index in [9.17, 15) is 4.79 Å². The van der Waals surface area contributed by atoms with E-state index in [-0.39, 0.29) is 5.91 Å². The van der Waals surface area contributed by atoms with Crippen LogP contribution in [0.2, 0.25) is 0 Å². The van der Waals surface area contributed by atoms with Crippen LogP contribution in [0.5, 0.6) is 17.2 Å². The monoisotopic (exact) mass is 448 g/mol. The number of hydrazone groups is 1. The summed E-state index contributed by atoms with van der Waals surface area (Å²) in [7, 11) is 3.16. The third-order valence-corrected chi connectivity index (χ3v) is 4.66. The second kappa shape index (κ2) is 11.3. The molecule has 2 aromatic rings. The molecule has 0 saturated heterocycles. The van der Waals surface area contributed by atoms with Gasteiger partial charge in [-0.2, -0.15) is 5.10 Å². The second-order valence-corrected chi connectivity index (χ2v) is 6.83. The van der Waals surface area contributed by atoms with Gasteiger partial charge in [0.2, 0.25) is 5.91 Å². The number of methoxy groups -OCH3 is 2. The molecule has 0 saturated carbocycles. The molecule has 1 amide bonds. The van der Waals surface area contributed by atoms with Gasteiger partial charge in [-0.15, -0.1) is 0 Å².